The zero-order valence-corrected chi connectivity index (χ0v) is 12.4. The van der Waals surface area contributed by atoms with Crippen LogP contribution in [0.4, 0.5) is 0 Å². The van der Waals surface area contributed by atoms with Gasteiger partial charge in [-0.2, -0.15) is 0 Å². The Morgan fingerprint density at radius 2 is 1.10 bits per heavy atom. The predicted octanol–water partition coefficient (Wildman–Crippen LogP) is -0.158. The maximum absolute atomic E-state index is 11.8. The molecular formula is C12H20O8. The van der Waals surface area contributed by atoms with Crippen LogP contribution in [0, 0.1) is 0 Å². The molecule has 116 valence electrons. The maximum atomic E-state index is 11.8. The molecule has 1 rings (SSSR count). The second-order valence-corrected chi connectivity index (χ2v) is 4.42. The molecule has 0 bridgehead atoms. The van der Waals surface area contributed by atoms with Gasteiger partial charge in [0.2, 0.25) is 11.6 Å². The molecule has 1 fully saturated rings. The Kier molecular flexibility index (Phi) is 5.09. The molecular weight excluding hydrogens is 272 g/mol. The van der Waals surface area contributed by atoms with E-state index in [4.69, 9.17) is 18.9 Å². The zero-order chi connectivity index (χ0) is 15.6. The Balaban J connectivity index is 3.18. The van der Waals surface area contributed by atoms with E-state index in [1.165, 1.54) is 42.3 Å². The van der Waals surface area contributed by atoms with E-state index in [2.05, 4.69) is 9.47 Å². The summed E-state index contributed by atoms with van der Waals surface area (Å²) in [5, 5.41) is 0. The quantitative estimate of drug-likeness (QED) is 0.660. The molecule has 1 aliphatic heterocycles. The minimum Gasteiger partial charge on any atom is -0.467 e. The first-order valence-electron chi connectivity index (χ1n) is 5.90. The fraction of sp³-hybridized carbons (Fsp3) is 0.833. The summed E-state index contributed by atoms with van der Waals surface area (Å²) in [5.41, 5.74) is 0. The number of carbonyl (C=O) groups excluding carboxylic acids is 2. The number of hydrogen-bond acceptors (Lipinski definition) is 8. The van der Waals surface area contributed by atoms with Crippen molar-refractivity contribution in [3.63, 3.8) is 0 Å². The van der Waals surface area contributed by atoms with Crippen LogP contribution in [-0.2, 0) is 38.0 Å². The van der Waals surface area contributed by atoms with E-state index >= 15 is 0 Å². The minimum absolute atomic E-state index is 0.776. The normalized spacial score (nSPS) is 37.3. The summed E-state index contributed by atoms with van der Waals surface area (Å²) in [6, 6.07) is 0. The number of ether oxygens (including phenoxy) is 6. The summed E-state index contributed by atoms with van der Waals surface area (Å²) < 4.78 is 30.8. The molecule has 0 N–H and O–H groups in total. The smallest absolute Gasteiger partial charge is 0.338 e. The van der Waals surface area contributed by atoms with Crippen molar-refractivity contribution < 1.29 is 38.0 Å². The molecule has 0 aromatic carbocycles. The molecule has 0 saturated carbocycles. The second kappa shape index (κ2) is 6.04. The van der Waals surface area contributed by atoms with E-state index < -0.39 is 35.7 Å². The van der Waals surface area contributed by atoms with Gasteiger partial charge in [0.25, 0.3) is 0 Å². The maximum Gasteiger partial charge on any atom is 0.338 e. The van der Waals surface area contributed by atoms with Crippen LogP contribution in [0.2, 0.25) is 0 Å². The molecule has 1 unspecified atom stereocenters. The first-order chi connectivity index (χ1) is 9.28. The van der Waals surface area contributed by atoms with Crippen LogP contribution in [0.3, 0.4) is 0 Å². The van der Waals surface area contributed by atoms with Gasteiger partial charge in [-0.3, -0.25) is 0 Å². The Morgan fingerprint density at radius 3 is 1.30 bits per heavy atom. The zero-order valence-electron chi connectivity index (χ0n) is 12.4. The van der Waals surface area contributed by atoms with Gasteiger partial charge in [0.15, 0.2) is 12.2 Å². The summed E-state index contributed by atoms with van der Waals surface area (Å²) >= 11 is 0. The van der Waals surface area contributed by atoms with Crippen molar-refractivity contribution in [2.45, 2.75) is 37.6 Å². The van der Waals surface area contributed by atoms with E-state index in [1.807, 2.05) is 0 Å². The molecule has 0 aromatic rings. The lowest BCUT2D eigenvalue weighted by Crippen LogP contribution is -2.68. The molecule has 4 atom stereocenters. The standard InChI is InChI=1S/C12H20O8/c1-11(17-5)12(2,18-6)20-8(10(14)16-4)7(19-11)9(13)15-3/h7-8H,1-6H3/t7-,8-,11-,12?/m1/s1. The van der Waals surface area contributed by atoms with Crippen molar-refractivity contribution in [3.8, 4) is 0 Å². The number of carbonyl (C=O) groups is 2. The minimum atomic E-state index is -1.41. The molecule has 1 heterocycles. The highest BCUT2D eigenvalue weighted by molar-refractivity contribution is 5.85. The van der Waals surface area contributed by atoms with Crippen LogP contribution < -0.4 is 0 Å². The van der Waals surface area contributed by atoms with Crippen LogP contribution in [-0.4, -0.2) is 64.2 Å². The van der Waals surface area contributed by atoms with Gasteiger partial charge in [-0.15, -0.1) is 0 Å². The van der Waals surface area contributed by atoms with Crippen molar-refractivity contribution in [3.05, 3.63) is 0 Å². The van der Waals surface area contributed by atoms with Gasteiger partial charge < -0.3 is 28.4 Å². The van der Waals surface area contributed by atoms with Gasteiger partial charge in [0.1, 0.15) is 0 Å². The molecule has 0 radical (unpaired) electrons. The van der Waals surface area contributed by atoms with Crippen LogP contribution in [0.1, 0.15) is 13.8 Å². The van der Waals surface area contributed by atoms with Crippen molar-refractivity contribution >= 4 is 11.9 Å². The molecule has 0 aromatic heterocycles. The van der Waals surface area contributed by atoms with Crippen LogP contribution >= 0.6 is 0 Å². The number of esters is 2. The Bertz CT molecular complexity index is 348. The van der Waals surface area contributed by atoms with E-state index in [0.717, 1.165) is 0 Å². The van der Waals surface area contributed by atoms with Crippen molar-refractivity contribution in [1.29, 1.82) is 0 Å². The van der Waals surface area contributed by atoms with Crippen molar-refractivity contribution in [1.82, 2.24) is 0 Å². The highest BCUT2D eigenvalue weighted by Crippen LogP contribution is 2.39. The third-order valence-corrected chi connectivity index (χ3v) is 3.45. The van der Waals surface area contributed by atoms with E-state index in [0.29, 0.717) is 0 Å². The molecule has 8 heteroatoms. The molecule has 0 spiro atoms. The highest BCUT2D eigenvalue weighted by atomic mass is 16.8. The molecule has 8 nitrogen and oxygen atoms in total. The lowest BCUT2D eigenvalue weighted by molar-refractivity contribution is -0.439. The molecule has 0 aliphatic carbocycles. The van der Waals surface area contributed by atoms with Gasteiger partial charge >= 0.3 is 11.9 Å². The van der Waals surface area contributed by atoms with Gasteiger partial charge in [-0.05, 0) is 13.8 Å². The third-order valence-electron chi connectivity index (χ3n) is 3.45. The first-order valence-corrected chi connectivity index (χ1v) is 5.90. The SMILES string of the molecule is COC(=O)[C@@H]1OC(C)(OC)[C@](C)(OC)O[C@H]1C(=O)OC. The number of rotatable bonds is 4. The highest BCUT2D eigenvalue weighted by Gasteiger charge is 2.60. The fourth-order valence-electron chi connectivity index (χ4n) is 1.86. The van der Waals surface area contributed by atoms with Crippen LogP contribution in [0.25, 0.3) is 0 Å². The number of methoxy groups -OCH3 is 4. The Labute approximate surface area is 117 Å². The monoisotopic (exact) mass is 292 g/mol. The van der Waals surface area contributed by atoms with Crippen LogP contribution in [0.15, 0.2) is 0 Å². The van der Waals surface area contributed by atoms with E-state index in [1.54, 1.807) is 0 Å². The summed E-state index contributed by atoms with van der Waals surface area (Å²) in [6.07, 6.45) is -2.64. The van der Waals surface area contributed by atoms with Crippen molar-refractivity contribution in [2.24, 2.45) is 0 Å². The second-order valence-electron chi connectivity index (χ2n) is 4.42. The molecule has 1 aliphatic rings. The Morgan fingerprint density at radius 1 is 0.800 bits per heavy atom. The summed E-state index contributed by atoms with van der Waals surface area (Å²) in [6.45, 7) is 3.06. The van der Waals surface area contributed by atoms with E-state index in [-0.39, 0.29) is 0 Å². The van der Waals surface area contributed by atoms with Crippen LogP contribution in [0.5, 0.6) is 0 Å². The van der Waals surface area contributed by atoms with Crippen molar-refractivity contribution in [2.75, 3.05) is 28.4 Å². The predicted molar refractivity (Wildman–Crippen MR) is 64.6 cm³/mol. The summed E-state index contributed by atoms with van der Waals surface area (Å²) in [7, 11) is 5.09. The fourth-order valence-corrected chi connectivity index (χ4v) is 1.86. The molecule has 20 heavy (non-hydrogen) atoms. The third kappa shape index (κ3) is 2.64. The topological polar surface area (TPSA) is 89.5 Å². The number of hydrogen-bond donors (Lipinski definition) is 0. The largest absolute Gasteiger partial charge is 0.467 e. The van der Waals surface area contributed by atoms with Gasteiger partial charge in [0, 0.05) is 14.2 Å². The average molecular weight is 292 g/mol. The first kappa shape index (κ1) is 16.8. The molecule has 0 amide bonds. The lowest BCUT2D eigenvalue weighted by Gasteiger charge is -2.50. The van der Waals surface area contributed by atoms with Gasteiger partial charge in [0.05, 0.1) is 14.2 Å². The Hall–Kier alpha value is -1.22. The molecule has 1 saturated heterocycles. The van der Waals surface area contributed by atoms with E-state index in [9.17, 15) is 9.59 Å². The summed E-state index contributed by atoms with van der Waals surface area (Å²) in [5.74, 6) is -4.38. The van der Waals surface area contributed by atoms with Gasteiger partial charge in [-0.25, -0.2) is 9.59 Å². The van der Waals surface area contributed by atoms with Gasteiger partial charge in [-0.1, -0.05) is 0 Å². The lowest BCUT2D eigenvalue weighted by atomic mass is 10.0. The summed E-state index contributed by atoms with van der Waals surface area (Å²) in [4.78, 5) is 23.5. The average Bonchev–Trinajstić information content (AvgIpc) is 2.47.